The second-order valence-corrected chi connectivity index (χ2v) is 9.58. The van der Waals surface area contributed by atoms with Gasteiger partial charge >= 0.3 is 13.2 Å². The molecule has 1 aromatic rings. The molecule has 160 valence electrons. The van der Waals surface area contributed by atoms with Gasteiger partial charge in [0, 0.05) is 11.6 Å². The van der Waals surface area contributed by atoms with E-state index in [-0.39, 0.29) is 13.2 Å². The number of aliphatic hydroxyl groups is 1. The number of aliphatic hydroxyl groups excluding tert-OH is 1. The van der Waals surface area contributed by atoms with Crippen LogP contribution in [0.2, 0.25) is 5.02 Å². The molecule has 29 heavy (non-hydrogen) atoms. The number of hydrogen-bond acceptors (Lipinski definition) is 5. The Hall–Kier alpha value is -1.54. The fourth-order valence-electron chi connectivity index (χ4n) is 2.69. The van der Waals surface area contributed by atoms with Crippen LogP contribution >= 0.6 is 11.6 Å². The van der Waals surface area contributed by atoms with Crippen molar-refractivity contribution in [2.45, 2.75) is 71.9 Å². The average Bonchev–Trinajstić information content (AvgIpc) is 2.79. The zero-order valence-corrected chi connectivity index (χ0v) is 19.0. The number of halogens is 1. The van der Waals surface area contributed by atoms with Crippen molar-refractivity contribution in [3.05, 3.63) is 39.8 Å². The van der Waals surface area contributed by atoms with Crippen LogP contribution in [0.5, 0.6) is 0 Å². The molecule has 0 aromatic heterocycles. The summed E-state index contributed by atoms with van der Waals surface area (Å²) in [4.78, 5) is 12.2. The van der Waals surface area contributed by atoms with Crippen molar-refractivity contribution in [1.82, 2.24) is 5.32 Å². The van der Waals surface area contributed by atoms with Crippen molar-refractivity contribution in [3.63, 3.8) is 0 Å². The summed E-state index contributed by atoms with van der Waals surface area (Å²) < 4.78 is 17.6. The van der Waals surface area contributed by atoms with Crippen molar-refractivity contribution in [2.75, 3.05) is 6.54 Å². The third-order valence-electron chi connectivity index (χ3n) is 4.98. The van der Waals surface area contributed by atoms with Gasteiger partial charge in [-0.2, -0.15) is 0 Å². The van der Waals surface area contributed by atoms with Crippen molar-refractivity contribution in [3.8, 4) is 0 Å². The lowest BCUT2D eigenvalue weighted by atomic mass is 9.77. The van der Waals surface area contributed by atoms with Crippen LogP contribution in [0, 0.1) is 0 Å². The third kappa shape index (κ3) is 6.22. The molecule has 8 heteroatoms. The van der Waals surface area contributed by atoms with Crippen molar-refractivity contribution < 1.29 is 23.9 Å². The van der Waals surface area contributed by atoms with Gasteiger partial charge in [-0.3, -0.25) is 0 Å². The molecular weight excluding hydrogens is 392 g/mol. The summed E-state index contributed by atoms with van der Waals surface area (Å²) in [7, 11) is -0.663. The largest absolute Gasteiger partial charge is 0.492 e. The van der Waals surface area contributed by atoms with Gasteiger partial charge in [-0.1, -0.05) is 23.7 Å². The summed E-state index contributed by atoms with van der Waals surface area (Å²) in [5, 5.41) is 12.7. The van der Waals surface area contributed by atoms with Crippen molar-refractivity contribution in [1.29, 1.82) is 0 Å². The highest BCUT2D eigenvalue weighted by molar-refractivity contribution is 6.56. The second-order valence-electron chi connectivity index (χ2n) is 9.18. The Bertz CT molecular complexity index is 770. The molecule has 1 aliphatic heterocycles. The van der Waals surface area contributed by atoms with Gasteiger partial charge in [0.25, 0.3) is 0 Å². The number of amides is 1. The molecule has 0 aliphatic carbocycles. The first-order valence-electron chi connectivity index (χ1n) is 9.66. The first kappa shape index (κ1) is 23.7. The molecule has 0 saturated carbocycles. The Labute approximate surface area is 178 Å². The molecular formula is C21H31BClNO5. The highest BCUT2D eigenvalue weighted by atomic mass is 35.5. The molecule has 1 amide bonds. The van der Waals surface area contributed by atoms with E-state index in [4.69, 9.17) is 25.6 Å². The van der Waals surface area contributed by atoms with Gasteiger partial charge in [0.1, 0.15) is 5.60 Å². The highest BCUT2D eigenvalue weighted by Crippen LogP contribution is 2.39. The lowest BCUT2D eigenvalue weighted by molar-refractivity contribution is 0.00578. The van der Waals surface area contributed by atoms with E-state index < -0.39 is 30.0 Å². The quantitative estimate of drug-likeness (QED) is 0.688. The van der Waals surface area contributed by atoms with Crippen LogP contribution in [-0.4, -0.2) is 41.7 Å². The van der Waals surface area contributed by atoms with E-state index in [1.807, 2.05) is 33.8 Å². The number of ether oxygens (including phenoxy) is 1. The molecule has 0 bridgehead atoms. The van der Waals surface area contributed by atoms with E-state index in [9.17, 15) is 9.90 Å². The first-order valence-corrected chi connectivity index (χ1v) is 10.0. The summed E-state index contributed by atoms with van der Waals surface area (Å²) in [6, 6.07) is 5.27. The maximum atomic E-state index is 12.2. The summed E-state index contributed by atoms with van der Waals surface area (Å²) in [6.45, 7) is 13.3. The predicted molar refractivity (Wildman–Crippen MR) is 116 cm³/mol. The van der Waals surface area contributed by atoms with Gasteiger partial charge in [0.15, 0.2) is 0 Å². The van der Waals surface area contributed by atoms with E-state index in [0.717, 1.165) is 5.56 Å². The van der Waals surface area contributed by atoms with Gasteiger partial charge in [0.05, 0.1) is 17.8 Å². The molecule has 1 aromatic carbocycles. The Morgan fingerprint density at radius 1 is 1.24 bits per heavy atom. The fourth-order valence-corrected chi connectivity index (χ4v) is 2.86. The van der Waals surface area contributed by atoms with Gasteiger partial charge in [-0.25, -0.2) is 4.79 Å². The maximum absolute atomic E-state index is 12.2. The number of benzene rings is 1. The van der Waals surface area contributed by atoms with Crippen LogP contribution in [-0.2, 0) is 20.7 Å². The number of hydrogen-bond donors (Lipinski definition) is 2. The summed E-state index contributed by atoms with van der Waals surface area (Å²) >= 11 is 6.35. The van der Waals surface area contributed by atoms with Gasteiger partial charge < -0.3 is 24.5 Å². The third-order valence-corrected chi connectivity index (χ3v) is 5.32. The highest BCUT2D eigenvalue weighted by Gasteiger charge is 2.52. The zero-order valence-electron chi connectivity index (χ0n) is 18.3. The Kier molecular flexibility index (Phi) is 7.11. The average molecular weight is 424 g/mol. The molecule has 1 heterocycles. The van der Waals surface area contributed by atoms with Crippen LogP contribution in [0.1, 0.15) is 59.6 Å². The Morgan fingerprint density at radius 2 is 1.83 bits per heavy atom. The minimum Gasteiger partial charge on any atom is -0.444 e. The molecule has 2 N–H and O–H groups in total. The van der Waals surface area contributed by atoms with Crippen LogP contribution < -0.4 is 5.32 Å². The minimum absolute atomic E-state index is 0.0972. The number of rotatable bonds is 5. The lowest BCUT2D eigenvalue weighted by Crippen LogP contribution is -2.41. The van der Waals surface area contributed by atoms with E-state index in [0.29, 0.717) is 16.1 Å². The predicted octanol–water partition coefficient (Wildman–Crippen LogP) is 4.37. The van der Waals surface area contributed by atoms with Crippen LogP contribution in [0.25, 0.3) is 6.08 Å². The molecule has 0 radical (unpaired) electrons. The van der Waals surface area contributed by atoms with Crippen LogP contribution in [0.3, 0.4) is 0 Å². The monoisotopic (exact) mass is 423 g/mol. The molecule has 1 fully saturated rings. The van der Waals surface area contributed by atoms with E-state index >= 15 is 0 Å². The summed E-state index contributed by atoms with van der Waals surface area (Å²) in [6.07, 6.45) is 1.29. The zero-order chi connectivity index (χ0) is 22.0. The van der Waals surface area contributed by atoms with Gasteiger partial charge in [0.2, 0.25) is 0 Å². The SMILES string of the molecule is CC(C)(C)OC(=O)NCC(=Cc1cc(CO)ccc1Cl)B1OC(C)(C)C(C)(C)O1. The van der Waals surface area contributed by atoms with E-state index in [1.165, 1.54) is 0 Å². The van der Waals surface area contributed by atoms with E-state index in [2.05, 4.69) is 5.32 Å². The van der Waals surface area contributed by atoms with Crippen molar-refractivity contribution in [2.24, 2.45) is 0 Å². The maximum Gasteiger partial charge on any atom is 0.492 e. The van der Waals surface area contributed by atoms with Gasteiger partial charge in [-0.05, 0) is 77.2 Å². The number of carbonyl (C=O) groups excluding carboxylic acids is 1. The van der Waals surface area contributed by atoms with E-state index in [1.54, 1.807) is 39.0 Å². The number of carbonyl (C=O) groups is 1. The summed E-state index contributed by atoms with van der Waals surface area (Å²) in [5.74, 6) is 0. The molecule has 2 rings (SSSR count). The fraction of sp³-hybridized carbons (Fsp3) is 0.571. The standard InChI is InChI=1S/C21H31BClNO5/c1-19(2,3)27-18(26)24-12-16(22-28-20(4,5)21(6,7)29-22)11-15-10-14(13-25)8-9-17(15)23/h8-11,25H,12-13H2,1-7H3,(H,24,26). The topological polar surface area (TPSA) is 77.0 Å². The normalized spacial score (nSPS) is 18.7. The summed E-state index contributed by atoms with van der Waals surface area (Å²) in [5.41, 5.74) is 0.463. The Balaban J connectivity index is 2.33. The second kappa shape index (κ2) is 8.68. The number of alkyl carbamates (subject to hydrolysis) is 1. The lowest BCUT2D eigenvalue weighted by Gasteiger charge is -2.32. The first-order chi connectivity index (χ1) is 13.2. The minimum atomic E-state index is -0.663. The molecule has 1 saturated heterocycles. The molecule has 0 unspecified atom stereocenters. The van der Waals surface area contributed by atoms with Gasteiger partial charge in [-0.15, -0.1) is 0 Å². The molecule has 0 spiro atoms. The molecule has 1 aliphatic rings. The Morgan fingerprint density at radius 3 is 2.34 bits per heavy atom. The van der Waals surface area contributed by atoms with Crippen LogP contribution in [0.15, 0.2) is 23.7 Å². The van der Waals surface area contributed by atoms with Crippen LogP contribution in [0.4, 0.5) is 4.79 Å². The molecule has 6 nitrogen and oxygen atoms in total. The number of nitrogens with one attached hydrogen (secondary N) is 1. The molecule has 0 atom stereocenters. The van der Waals surface area contributed by atoms with Crippen molar-refractivity contribution >= 4 is 30.9 Å². The smallest absolute Gasteiger partial charge is 0.444 e.